The molecule has 1 aliphatic heterocycles. The number of halogens is 2. The van der Waals surface area contributed by atoms with E-state index < -0.39 is 0 Å². The highest BCUT2D eigenvalue weighted by atomic mass is 79.9. The first kappa shape index (κ1) is 13.1. The van der Waals surface area contributed by atoms with Crippen LogP contribution in [0.5, 0.6) is 5.75 Å². The van der Waals surface area contributed by atoms with E-state index in [4.69, 9.17) is 22.1 Å². The van der Waals surface area contributed by atoms with Crippen LogP contribution in [0.25, 0.3) is 0 Å². The van der Waals surface area contributed by atoms with Gasteiger partial charge >= 0.3 is 0 Å². The molecule has 94 valence electrons. The highest BCUT2D eigenvalue weighted by molar-refractivity contribution is 9.10. The van der Waals surface area contributed by atoms with Crippen LogP contribution in [0.1, 0.15) is 6.42 Å². The van der Waals surface area contributed by atoms with Crippen LogP contribution in [0.2, 0.25) is 5.02 Å². The molecule has 3 nitrogen and oxygen atoms in total. The summed E-state index contributed by atoms with van der Waals surface area (Å²) in [4.78, 5) is 2.33. The summed E-state index contributed by atoms with van der Waals surface area (Å²) in [5.41, 5.74) is 5.84. The summed E-state index contributed by atoms with van der Waals surface area (Å²) in [6.07, 6.45) is 1.09. The lowest BCUT2D eigenvalue weighted by atomic mass is 10.3. The molecule has 0 aliphatic carbocycles. The third-order valence-corrected chi connectivity index (χ3v) is 3.72. The number of hydrogen-bond donors (Lipinski definition) is 1. The Morgan fingerprint density at radius 3 is 3.00 bits per heavy atom. The van der Waals surface area contributed by atoms with Gasteiger partial charge in [-0.25, -0.2) is 0 Å². The average molecular weight is 320 g/mol. The molecule has 1 atom stereocenters. The lowest BCUT2D eigenvalue weighted by Crippen LogP contribution is -2.29. The summed E-state index contributed by atoms with van der Waals surface area (Å²) in [7, 11) is 0. The molecule has 0 radical (unpaired) electrons. The van der Waals surface area contributed by atoms with Crippen molar-refractivity contribution in [3.05, 3.63) is 27.7 Å². The van der Waals surface area contributed by atoms with Gasteiger partial charge in [-0.3, -0.25) is 4.90 Å². The maximum atomic E-state index is 5.86. The molecule has 0 unspecified atom stereocenters. The molecule has 1 aliphatic rings. The van der Waals surface area contributed by atoms with Gasteiger partial charge in [0.05, 0.1) is 4.47 Å². The van der Waals surface area contributed by atoms with E-state index in [1.807, 2.05) is 18.2 Å². The maximum Gasteiger partial charge on any atom is 0.133 e. The second kappa shape index (κ2) is 6.05. The quantitative estimate of drug-likeness (QED) is 0.927. The second-order valence-electron chi connectivity index (χ2n) is 4.27. The lowest BCUT2D eigenvalue weighted by Gasteiger charge is -2.16. The van der Waals surface area contributed by atoms with Crippen molar-refractivity contribution in [1.29, 1.82) is 0 Å². The highest BCUT2D eigenvalue weighted by Crippen LogP contribution is 2.27. The van der Waals surface area contributed by atoms with E-state index in [2.05, 4.69) is 20.8 Å². The molecule has 2 rings (SSSR count). The van der Waals surface area contributed by atoms with E-state index in [1.54, 1.807) is 0 Å². The zero-order valence-corrected chi connectivity index (χ0v) is 11.9. The molecule has 2 N–H and O–H groups in total. The van der Waals surface area contributed by atoms with E-state index in [9.17, 15) is 0 Å². The van der Waals surface area contributed by atoms with Crippen LogP contribution in [0.15, 0.2) is 22.7 Å². The predicted molar refractivity (Wildman–Crippen MR) is 73.7 cm³/mol. The first-order valence-electron chi connectivity index (χ1n) is 5.71. The van der Waals surface area contributed by atoms with Gasteiger partial charge in [0.1, 0.15) is 12.4 Å². The van der Waals surface area contributed by atoms with Gasteiger partial charge < -0.3 is 10.5 Å². The Hall–Kier alpha value is -0.290. The Balaban J connectivity index is 1.78. The third-order valence-electron chi connectivity index (χ3n) is 2.87. The number of benzene rings is 1. The molecule has 1 aromatic rings. The minimum atomic E-state index is 0.331. The summed E-state index contributed by atoms with van der Waals surface area (Å²) in [6.45, 7) is 3.65. The van der Waals surface area contributed by atoms with Crippen LogP contribution in [-0.4, -0.2) is 37.2 Å². The van der Waals surface area contributed by atoms with E-state index in [1.165, 1.54) is 0 Å². The van der Waals surface area contributed by atoms with Crippen LogP contribution < -0.4 is 10.5 Å². The molecule has 0 spiro atoms. The van der Waals surface area contributed by atoms with Crippen molar-refractivity contribution in [2.75, 3.05) is 26.2 Å². The van der Waals surface area contributed by atoms with Gasteiger partial charge in [0, 0.05) is 24.2 Å². The van der Waals surface area contributed by atoms with Gasteiger partial charge in [0.25, 0.3) is 0 Å². The molecule has 1 saturated heterocycles. The van der Waals surface area contributed by atoms with Crippen molar-refractivity contribution in [2.45, 2.75) is 12.5 Å². The fraction of sp³-hybridized carbons (Fsp3) is 0.500. The molecule has 1 heterocycles. The third kappa shape index (κ3) is 3.85. The SMILES string of the molecule is N[C@H]1CCN(CCOc2ccc(Cl)cc2Br)C1. The summed E-state index contributed by atoms with van der Waals surface area (Å²) < 4.78 is 6.59. The second-order valence-corrected chi connectivity index (χ2v) is 5.56. The summed E-state index contributed by atoms with van der Waals surface area (Å²) in [6, 6.07) is 5.87. The first-order valence-corrected chi connectivity index (χ1v) is 6.88. The molecular weight excluding hydrogens is 304 g/mol. The zero-order valence-electron chi connectivity index (χ0n) is 9.53. The molecule has 0 bridgehead atoms. The molecule has 0 amide bonds. The largest absolute Gasteiger partial charge is 0.491 e. The van der Waals surface area contributed by atoms with Crippen LogP contribution >= 0.6 is 27.5 Å². The van der Waals surface area contributed by atoms with Gasteiger partial charge in [0.15, 0.2) is 0 Å². The maximum absolute atomic E-state index is 5.86. The number of hydrogen-bond acceptors (Lipinski definition) is 3. The van der Waals surface area contributed by atoms with Crippen molar-refractivity contribution < 1.29 is 4.74 Å². The van der Waals surface area contributed by atoms with Crippen LogP contribution in [0.3, 0.4) is 0 Å². The number of nitrogens with two attached hydrogens (primary N) is 1. The van der Waals surface area contributed by atoms with Crippen LogP contribution in [-0.2, 0) is 0 Å². The molecule has 0 aromatic heterocycles. The minimum absolute atomic E-state index is 0.331. The smallest absolute Gasteiger partial charge is 0.133 e. The number of nitrogens with zero attached hydrogens (tertiary/aromatic N) is 1. The van der Waals surface area contributed by atoms with E-state index >= 15 is 0 Å². The lowest BCUT2D eigenvalue weighted by molar-refractivity contribution is 0.235. The first-order chi connectivity index (χ1) is 8.15. The molecular formula is C12H16BrClN2O. The Morgan fingerprint density at radius 2 is 2.35 bits per heavy atom. The topological polar surface area (TPSA) is 38.5 Å². The van der Waals surface area contributed by atoms with E-state index in [0.717, 1.165) is 36.3 Å². The molecule has 1 aromatic carbocycles. The van der Waals surface area contributed by atoms with Gasteiger partial charge in [0.2, 0.25) is 0 Å². The molecule has 5 heteroatoms. The zero-order chi connectivity index (χ0) is 12.3. The fourth-order valence-corrected chi connectivity index (χ4v) is 2.74. The van der Waals surface area contributed by atoms with Gasteiger partial charge in [-0.2, -0.15) is 0 Å². The predicted octanol–water partition coefficient (Wildman–Crippen LogP) is 2.51. The van der Waals surface area contributed by atoms with Gasteiger partial charge in [-0.05, 0) is 47.1 Å². The minimum Gasteiger partial charge on any atom is -0.491 e. The summed E-state index contributed by atoms with van der Waals surface area (Å²) in [5.74, 6) is 0.831. The number of rotatable bonds is 4. The molecule has 0 saturated carbocycles. The van der Waals surface area contributed by atoms with E-state index in [0.29, 0.717) is 17.7 Å². The van der Waals surface area contributed by atoms with Gasteiger partial charge in [-0.1, -0.05) is 11.6 Å². The summed E-state index contributed by atoms with van der Waals surface area (Å²) in [5, 5.41) is 0.703. The molecule has 1 fully saturated rings. The van der Waals surface area contributed by atoms with Crippen LogP contribution in [0.4, 0.5) is 0 Å². The van der Waals surface area contributed by atoms with Crippen molar-refractivity contribution in [2.24, 2.45) is 5.73 Å². The summed E-state index contributed by atoms with van der Waals surface area (Å²) >= 11 is 9.29. The molecule has 17 heavy (non-hydrogen) atoms. The monoisotopic (exact) mass is 318 g/mol. The Labute approximate surface area is 115 Å². The number of likely N-dealkylation sites (tertiary alicyclic amines) is 1. The van der Waals surface area contributed by atoms with Crippen LogP contribution in [0, 0.1) is 0 Å². The van der Waals surface area contributed by atoms with Crippen molar-refractivity contribution >= 4 is 27.5 Å². The van der Waals surface area contributed by atoms with Crippen molar-refractivity contribution in [1.82, 2.24) is 4.90 Å². The Morgan fingerprint density at radius 1 is 1.53 bits per heavy atom. The fourth-order valence-electron chi connectivity index (χ4n) is 1.94. The standard InChI is InChI=1S/C12H16BrClN2O/c13-11-7-9(14)1-2-12(11)17-6-5-16-4-3-10(15)8-16/h1-2,7,10H,3-6,8,15H2/t10-/m0/s1. The van der Waals surface area contributed by atoms with Crippen molar-refractivity contribution in [3.8, 4) is 5.75 Å². The van der Waals surface area contributed by atoms with Crippen molar-refractivity contribution in [3.63, 3.8) is 0 Å². The van der Waals surface area contributed by atoms with E-state index in [-0.39, 0.29) is 0 Å². The highest BCUT2D eigenvalue weighted by Gasteiger charge is 2.18. The Kier molecular flexibility index (Phi) is 4.68. The normalized spacial score (nSPS) is 20.8. The van der Waals surface area contributed by atoms with Gasteiger partial charge in [-0.15, -0.1) is 0 Å². The number of ether oxygens (including phenoxy) is 1. The Bertz CT molecular complexity index is 389. The average Bonchev–Trinajstić information content (AvgIpc) is 2.68.